The van der Waals surface area contributed by atoms with Gasteiger partial charge < -0.3 is 19.1 Å². The summed E-state index contributed by atoms with van der Waals surface area (Å²) in [5.41, 5.74) is 22.3. The summed E-state index contributed by atoms with van der Waals surface area (Å²) in [6.07, 6.45) is 6.18. The molecule has 1 unspecified atom stereocenters. The molecule has 2 aliphatic rings. The van der Waals surface area contributed by atoms with E-state index in [9.17, 15) is 0 Å². The topological polar surface area (TPSA) is 22.9 Å². The molecule has 1 atom stereocenters. The Hall–Kier alpha value is -10.2. The van der Waals surface area contributed by atoms with Crippen molar-refractivity contribution in [2.24, 2.45) is 0 Å². The Morgan fingerprint density at radius 2 is 1.00 bits per heavy atom. The second-order valence-corrected chi connectivity index (χ2v) is 20.0. The molecule has 370 valence electrons. The third-order valence-electron chi connectivity index (χ3n) is 15.9. The molecule has 1 spiro atoms. The van der Waals surface area contributed by atoms with Gasteiger partial charge >= 0.3 is 0 Å². The minimum Gasteiger partial charge on any atom is -0.454 e. The van der Waals surface area contributed by atoms with E-state index in [1.807, 2.05) is 6.08 Å². The lowest BCUT2D eigenvalue weighted by atomic mass is 9.64. The van der Waals surface area contributed by atoms with Gasteiger partial charge in [-0.1, -0.05) is 219 Å². The van der Waals surface area contributed by atoms with Crippen LogP contribution in [0.1, 0.15) is 29.2 Å². The van der Waals surface area contributed by atoms with Crippen LogP contribution in [-0.4, -0.2) is 0 Å². The summed E-state index contributed by atoms with van der Waals surface area (Å²) in [5.74, 6) is 0. The first-order chi connectivity index (χ1) is 38.6. The number of nitrogens with zero attached hydrogens (tertiary/aromatic N) is 3. The van der Waals surface area contributed by atoms with Gasteiger partial charge in [0.25, 0.3) is 0 Å². The van der Waals surface area contributed by atoms with Crippen molar-refractivity contribution >= 4 is 78.7 Å². The standard InChI is InChI=1S/C74H53N3O/c1-3-4-35-60-51(2)74(63-38-18-17-36-61(60)63)64-39-19-20-41-66(64)77(57-32-15-8-16-33-57)72-65(74)40-23-43-68(72)76(56-30-13-7-14-31-56)67-42-24-45-70-71(67)62-37-22-44-69(73(62)78-70)75(58-48-46-54(47-49-58)52-25-9-5-10-26-52)59-34-21-29-55(50-59)53-27-11-6-12-28-53/h3-50H,1H2,2H3/b35-4-. The summed E-state index contributed by atoms with van der Waals surface area (Å²) < 4.78 is 7.30. The van der Waals surface area contributed by atoms with Crippen molar-refractivity contribution in [2.45, 2.75) is 12.3 Å². The molecule has 0 amide bonds. The van der Waals surface area contributed by atoms with E-state index in [4.69, 9.17) is 4.42 Å². The normalized spacial score (nSPS) is 14.4. The van der Waals surface area contributed by atoms with Crippen LogP contribution in [0, 0.1) is 0 Å². The largest absolute Gasteiger partial charge is 0.454 e. The molecule has 0 radical (unpaired) electrons. The molecule has 12 aromatic rings. The molecule has 78 heavy (non-hydrogen) atoms. The molecule has 4 nitrogen and oxygen atoms in total. The van der Waals surface area contributed by atoms with Gasteiger partial charge in [0, 0.05) is 28.1 Å². The Bertz CT molecular complexity index is 4290. The van der Waals surface area contributed by atoms with Gasteiger partial charge in [-0.15, -0.1) is 0 Å². The Kier molecular flexibility index (Phi) is 11.4. The smallest absolute Gasteiger partial charge is 0.159 e. The van der Waals surface area contributed by atoms with Gasteiger partial charge in [-0.25, -0.2) is 0 Å². The molecule has 11 aromatic carbocycles. The van der Waals surface area contributed by atoms with E-state index in [0.29, 0.717) is 0 Å². The van der Waals surface area contributed by atoms with Gasteiger partial charge in [0.1, 0.15) is 5.58 Å². The highest BCUT2D eigenvalue weighted by molar-refractivity contribution is 6.17. The SMILES string of the molecule is C=C/C=C\C1=C(C)C2(c3ccccc31)c1ccccc1N(c1ccccc1)c1c(N(c3ccccc3)c3cccc4oc5c(N(c6ccc(-c7ccccc7)cc6)c6cccc(-c7ccccc7)c6)cccc5c34)cccc12. The fraction of sp³-hybridized carbons (Fsp3) is 0.0270. The molecular weight excluding hydrogens is 947 g/mol. The van der Waals surface area contributed by atoms with E-state index in [-0.39, 0.29) is 0 Å². The zero-order chi connectivity index (χ0) is 52.2. The monoisotopic (exact) mass is 999 g/mol. The summed E-state index contributed by atoms with van der Waals surface area (Å²) in [6, 6.07) is 98.5. The van der Waals surface area contributed by atoms with Crippen LogP contribution in [-0.2, 0) is 5.41 Å². The highest BCUT2D eigenvalue weighted by atomic mass is 16.3. The lowest BCUT2D eigenvalue weighted by molar-refractivity contribution is 0.669. The number of hydrogen-bond donors (Lipinski definition) is 0. The summed E-state index contributed by atoms with van der Waals surface area (Å²) in [5, 5.41) is 2.03. The van der Waals surface area contributed by atoms with E-state index in [0.717, 1.165) is 89.8 Å². The lowest BCUT2D eigenvalue weighted by Gasteiger charge is -2.47. The minimum atomic E-state index is -0.628. The van der Waals surface area contributed by atoms with Crippen LogP contribution in [0.3, 0.4) is 0 Å². The fourth-order valence-electron chi connectivity index (χ4n) is 12.5. The van der Waals surface area contributed by atoms with Crippen LogP contribution in [0.5, 0.6) is 0 Å². The van der Waals surface area contributed by atoms with Crippen molar-refractivity contribution in [2.75, 3.05) is 14.7 Å². The van der Waals surface area contributed by atoms with E-state index >= 15 is 0 Å². The molecule has 0 fully saturated rings. The molecule has 0 saturated carbocycles. The third kappa shape index (κ3) is 7.37. The number of para-hydroxylation sites is 5. The first-order valence-corrected chi connectivity index (χ1v) is 26.7. The van der Waals surface area contributed by atoms with Crippen LogP contribution in [0.2, 0.25) is 0 Å². The second kappa shape index (κ2) is 19.2. The molecule has 2 heterocycles. The summed E-state index contributed by atoms with van der Waals surface area (Å²) >= 11 is 0. The molecule has 0 bridgehead atoms. The van der Waals surface area contributed by atoms with E-state index < -0.39 is 5.41 Å². The van der Waals surface area contributed by atoms with Crippen molar-refractivity contribution in [1.29, 1.82) is 0 Å². The first kappa shape index (κ1) is 46.4. The van der Waals surface area contributed by atoms with Gasteiger partial charge in [0.05, 0.1) is 39.2 Å². The lowest BCUT2D eigenvalue weighted by Crippen LogP contribution is -2.37. The van der Waals surface area contributed by atoms with E-state index in [2.05, 4.69) is 313 Å². The number of allylic oxidation sites excluding steroid dienone is 5. The number of anilines is 9. The maximum absolute atomic E-state index is 7.30. The molecule has 1 aromatic heterocycles. The Balaban J connectivity index is 1.03. The maximum Gasteiger partial charge on any atom is 0.159 e. The highest BCUT2D eigenvalue weighted by Crippen LogP contribution is 2.65. The van der Waals surface area contributed by atoms with Crippen LogP contribution in [0.4, 0.5) is 51.2 Å². The zero-order valence-corrected chi connectivity index (χ0v) is 43.2. The maximum atomic E-state index is 7.30. The number of hydrogen-bond acceptors (Lipinski definition) is 4. The van der Waals surface area contributed by atoms with Crippen LogP contribution >= 0.6 is 0 Å². The fourth-order valence-corrected chi connectivity index (χ4v) is 12.5. The molecule has 0 N–H and O–H groups in total. The Morgan fingerprint density at radius 3 is 1.76 bits per heavy atom. The molecule has 1 aliphatic carbocycles. The second-order valence-electron chi connectivity index (χ2n) is 20.0. The Labute approximate surface area is 455 Å². The number of fused-ring (bicyclic) bond motifs is 9. The van der Waals surface area contributed by atoms with E-state index in [1.165, 1.54) is 39.0 Å². The average Bonchev–Trinajstić information content (AvgIpc) is 4.13. The average molecular weight is 1000 g/mol. The minimum absolute atomic E-state index is 0.628. The van der Waals surface area contributed by atoms with Gasteiger partial charge in [0.2, 0.25) is 0 Å². The predicted molar refractivity (Wildman–Crippen MR) is 327 cm³/mol. The molecular formula is C74H53N3O. The van der Waals surface area contributed by atoms with Crippen molar-refractivity contribution in [3.05, 3.63) is 326 Å². The van der Waals surface area contributed by atoms with Gasteiger partial charge in [-0.05, 0) is 141 Å². The van der Waals surface area contributed by atoms with Crippen molar-refractivity contribution in [3.63, 3.8) is 0 Å². The third-order valence-corrected chi connectivity index (χ3v) is 15.9. The highest BCUT2D eigenvalue weighted by Gasteiger charge is 2.52. The zero-order valence-electron chi connectivity index (χ0n) is 43.2. The molecule has 14 rings (SSSR count). The van der Waals surface area contributed by atoms with Gasteiger partial charge in [-0.2, -0.15) is 0 Å². The van der Waals surface area contributed by atoms with Crippen LogP contribution in [0.25, 0.3) is 49.8 Å². The summed E-state index contributed by atoms with van der Waals surface area (Å²) in [7, 11) is 0. The van der Waals surface area contributed by atoms with Gasteiger partial charge in [0.15, 0.2) is 5.58 Å². The predicted octanol–water partition coefficient (Wildman–Crippen LogP) is 20.5. The van der Waals surface area contributed by atoms with Crippen molar-refractivity contribution < 1.29 is 4.42 Å². The molecule has 1 aliphatic heterocycles. The first-order valence-electron chi connectivity index (χ1n) is 26.7. The molecule has 0 saturated heterocycles. The molecule has 4 heteroatoms. The van der Waals surface area contributed by atoms with Crippen LogP contribution < -0.4 is 14.7 Å². The van der Waals surface area contributed by atoms with E-state index in [1.54, 1.807) is 0 Å². The Morgan fingerprint density at radius 1 is 0.449 bits per heavy atom. The number of furan rings is 1. The van der Waals surface area contributed by atoms with Crippen molar-refractivity contribution in [1.82, 2.24) is 0 Å². The van der Waals surface area contributed by atoms with Crippen molar-refractivity contribution in [3.8, 4) is 22.3 Å². The van der Waals surface area contributed by atoms with Crippen LogP contribution in [0.15, 0.2) is 308 Å². The number of rotatable bonds is 11. The summed E-state index contributed by atoms with van der Waals surface area (Å²) in [6.45, 7) is 6.41. The number of benzene rings is 11. The summed E-state index contributed by atoms with van der Waals surface area (Å²) in [4.78, 5) is 7.30. The quantitative estimate of drug-likeness (QED) is 0.120. The van der Waals surface area contributed by atoms with Gasteiger partial charge in [-0.3, -0.25) is 0 Å².